The number of ether oxygens (including phenoxy) is 1. The lowest BCUT2D eigenvalue weighted by Gasteiger charge is -2.30. The van der Waals surface area contributed by atoms with Gasteiger partial charge in [0.15, 0.2) is 0 Å². The highest BCUT2D eigenvalue weighted by molar-refractivity contribution is 7.88. The van der Waals surface area contributed by atoms with Gasteiger partial charge in [-0.15, -0.1) is 0 Å². The van der Waals surface area contributed by atoms with Crippen LogP contribution in [-0.2, 0) is 19.6 Å². The first-order chi connectivity index (χ1) is 12.3. The van der Waals surface area contributed by atoms with E-state index in [9.17, 15) is 18.0 Å². The van der Waals surface area contributed by atoms with E-state index in [2.05, 4.69) is 5.32 Å². The van der Waals surface area contributed by atoms with Crippen molar-refractivity contribution in [2.75, 3.05) is 31.3 Å². The molecule has 7 nitrogen and oxygen atoms in total. The number of nitrogens with one attached hydrogen (secondary N) is 1. The maximum absolute atomic E-state index is 12.4. The van der Waals surface area contributed by atoms with Gasteiger partial charge in [0.2, 0.25) is 15.9 Å². The van der Waals surface area contributed by atoms with Crippen LogP contribution in [-0.4, -0.2) is 50.6 Å². The van der Waals surface area contributed by atoms with E-state index in [4.69, 9.17) is 4.74 Å². The lowest BCUT2D eigenvalue weighted by atomic mass is 9.98. The Labute approximate surface area is 154 Å². The number of unbranched alkanes of at least 4 members (excludes halogenated alkanes) is 1. The highest BCUT2D eigenvalue weighted by Gasteiger charge is 2.30. The lowest BCUT2D eigenvalue weighted by molar-refractivity contribution is -0.120. The van der Waals surface area contributed by atoms with Gasteiger partial charge in [0.05, 0.1) is 24.3 Å². The molecule has 1 aromatic rings. The van der Waals surface area contributed by atoms with Crippen molar-refractivity contribution in [3.05, 3.63) is 29.8 Å². The van der Waals surface area contributed by atoms with Gasteiger partial charge in [-0.2, -0.15) is 0 Å². The molecule has 1 fully saturated rings. The standard InChI is InChI=1S/C18H26N2O5S/c1-3-4-12-25-18(22)14-7-9-16(10-8-14)19-17(21)15-6-5-11-20(13-15)26(2,23)24/h7-10,15H,3-6,11-13H2,1-2H3,(H,19,21)/t15-/m0/s1. The number of rotatable bonds is 7. The molecule has 1 N–H and O–H groups in total. The second-order valence-corrected chi connectivity index (χ2v) is 8.50. The first-order valence-electron chi connectivity index (χ1n) is 8.84. The van der Waals surface area contributed by atoms with Crippen LogP contribution in [0.5, 0.6) is 0 Å². The summed E-state index contributed by atoms with van der Waals surface area (Å²) in [7, 11) is -3.29. The molecule has 0 bridgehead atoms. The van der Waals surface area contributed by atoms with Gasteiger partial charge in [-0.25, -0.2) is 17.5 Å². The van der Waals surface area contributed by atoms with Gasteiger partial charge in [0.1, 0.15) is 0 Å². The van der Waals surface area contributed by atoms with Gasteiger partial charge >= 0.3 is 5.97 Å². The number of sulfonamides is 1. The zero-order valence-electron chi connectivity index (χ0n) is 15.2. The molecule has 1 aliphatic heterocycles. The largest absolute Gasteiger partial charge is 0.462 e. The van der Waals surface area contributed by atoms with E-state index in [0.29, 0.717) is 37.2 Å². The summed E-state index contributed by atoms with van der Waals surface area (Å²) in [4.78, 5) is 24.3. The number of nitrogens with zero attached hydrogens (tertiary/aromatic N) is 1. The first-order valence-corrected chi connectivity index (χ1v) is 10.7. The number of carbonyl (C=O) groups is 2. The summed E-state index contributed by atoms with van der Waals surface area (Å²) >= 11 is 0. The normalized spacial score (nSPS) is 18.3. The van der Waals surface area contributed by atoms with Crippen molar-refractivity contribution >= 4 is 27.6 Å². The zero-order chi connectivity index (χ0) is 19.2. The van der Waals surface area contributed by atoms with Crippen molar-refractivity contribution in [1.29, 1.82) is 0 Å². The number of anilines is 1. The van der Waals surface area contributed by atoms with Crippen molar-refractivity contribution in [3.63, 3.8) is 0 Å². The van der Waals surface area contributed by atoms with Gasteiger partial charge < -0.3 is 10.1 Å². The van der Waals surface area contributed by atoms with Crippen molar-refractivity contribution < 1.29 is 22.7 Å². The molecule has 26 heavy (non-hydrogen) atoms. The maximum Gasteiger partial charge on any atom is 0.338 e. The first kappa shape index (κ1) is 20.4. The Bertz CT molecular complexity index is 730. The number of piperidine rings is 1. The predicted octanol–water partition coefficient (Wildman–Crippen LogP) is 2.25. The van der Waals surface area contributed by atoms with E-state index in [-0.39, 0.29) is 24.3 Å². The Morgan fingerprint density at radius 2 is 1.96 bits per heavy atom. The summed E-state index contributed by atoms with van der Waals surface area (Å²) in [6, 6.07) is 6.50. The fourth-order valence-corrected chi connectivity index (χ4v) is 3.70. The number of esters is 1. The second kappa shape index (κ2) is 9.14. The molecule has 0 unspecified atom stereocenters. The van der Waals surface area contributed by atoms with E-state index in [1.54, 1.807) is 24.3 Å². The summed E-state index contributed by atoms with van der Waals surface area (Å²) < 4.78 is 29.8. The van der Waals surface area contributed by atoms with E-state index < -0.39 is 10.0 Å². The van der Waals surface area contributed by atoms with Gasteiger partial charge in [0, 0.05) is 18.8 Å². The van der Waals surface area contributed by atoms with Crippen molar-refractivity contribution in [3.8, 4) is 0 Å². The Morgan fingerprint density at radius 3 is 2.58 bits per heavy atom. The molecule has 1 aromatic carbocycles. The zero-order valence-corrected chi connectivity index (χ0v) is 16.0. The molecule has 1 atom stereocenters. The van der Waals surface area contributed by atoms with Gasteiger partial charge in [-0.1, -0.05) is 13.3 Å². The lowest BCUT2D eigenvalue weighted by Crippen LogP contribution is -2.43. The van der Waals surface area contributed by atoms with Crippen molar-refractivity contribution in [1.82, 2.24) is 4.31 Å². The van der Waals surface area contributed by atoms with E-state index in [1.165, 1.54) is 4.31 Å². The predicted molar refractivity (Wildman–Crippen MR) is 99.4 cm³/mol. The number of amides is 1. The average Bonchev–Trinajstić information content (AvgIpc) is 2.62. The molecular formula is C18H26N2O5S. The smallest absolute Gasteiger partial charge is 0.338 e. The third-order valence-corrected chi connectivity index (χ3v) is 5.61. The fraction of sp³-hybridized carbons (Fsp3) is 0.556. The molecule has 1 amide bonds. The third kappa shape index (κ3) is 5.81. The SMILES string of the molecule is CCCCOC(=O)c1ccc(NC(=O)[C@H]2CCCN(S(C)(=O)=O)C2)cc1. The third-order valence-electron chi connectivity index (χ3n) is 4.34. The maximum atomic E-state index is 12.4. The number of hydrogen-bond donors (Lipinski definition) is 1. The summed E-state index contributed by atoms with van der Waals surface area (Å²) in [6.07, 6.45) is 4.25. The molecule has 8 heteroatoms. The fourth-order valence-electron chi connectivity index (χ4n) is 2.78. The van der Waals surface area contributed by atoms with Crippen LogP contribution in [0.25, 0.3) is 0 Å². The Balaban J connectivity index is 1.92. The summed E-state index contributed by atoms with van der Waals surface area (Å²) in [5, 5.41) is 2.79. The highest BCUT2D eigenvalue weighted by atomic mass is 32.2. The summed E-state index contributed by atoms with van der Waals surface area (Å²) in [6.45, 7) is 3.07. The van der Waals surface area contributed by atoms with E-state index >= 15 is 0 Å². The Hall–Kier alpha value is -1.93. The topological polar surface area (TPSA) is 92.8 Å². The van der Waals surface area contributed by atoms with Crippen LogP contribution in [0.2, 0.25) is 0 Å². The second-order valence-electron chi connectivity index (χ2n) is 6.52. The van der Waals surface area contributed by atoms with E-state index in [0.717, 1.165) is 19.1 Å². The van der Waals surface area contributed by atoms with Crippen LogP contribution < -0.4 is 5.32 Å². The van der Waals surface area contributed by atoms with Crippen LogP contribution in [0.3, 0.4) is 0 Å². The van der Waals surface area contributed by atoms with Crippen LogP contribution >= 0.6 is 0 Å². The molecule has 0 spiro atoms. The van der Waals surface area contributed by atoms with Gasteiger partial charge in [0.25, 0.3) is 0 Å². The highest BCUT2D eigenvalue weighted by Crippen LogP contribution is 2.21. The molecular weight excluding hydrogens is 356 g/mol. The quantitative estimate of drug-likeness (QED) is 0.577. The Morgan fingerprint density at radius 1 is 1.27 bits per heavy atom. The average molecular weight is 382 g/mol. The van der Waals surface area contributed by atoms with Crippen LogP contribution in [0.15, 0.2) is 24.3 Å². The summed E-state index contributed by atoms with van der Waals surface area (Å²) in [5.74, 6) is -0.971. The van der Waals surface area contributed by atoms with Crippen LogP contribution in [0.1, 0.15) is 43.0 Å². The van der Waals surface area contributed by atoms with Crippen LogP contribution in [0.4, 0.5) is 5.69 Å². The van der Waals surface area contributed by atoms with Gasteiger partial charge in [-0.05, 0) is 43.5 Å². The summed E-state index contributed by atoms with van der Waals surface area (Å²) in [5.41, 5.74) is 0.997. The van der Waals surface area contributed by atoms with Gasteiger partial charge in [-0.3, -0.25) is 4.79 Å². The minimum Gasteiger partial charge on any atom is -0.462 e. The van der Waals surface area contributed by atoms with Crippen molar-refractivity contribution in [2.45, 2.75) is 32.6 Å². The molecule has 1 aliphatic rings. The molecule has 0 saturated carbocycles. The molecule has 0 aliphatic carbocycles. The minimum atomic E-state index is -3.29. The molecule has 1 heterocycles. The van der Waals surface area contributed by atoms with Crippen LogP contribution in [0, 0.1) is 5.92 Å². The molecule has 0 radical (unpaired) electrons. The van der Waals surface area contributed by atoms with E-state index in [1.807, 2.05) is 6.92 Å². The number of hydrogen-bond acceptors (Lipinski definition) is 5. The molecule has 2 rings (SSSR count). The number of carbonyl (C=O) groups excluding carboxylic acids is 2. The molecule has 1 saturated heterocycles. The minimum absolute atomic E-state index is 0.201. The van der Waals surface area contributed by atoms with Crippen molar-refractivity contribution in [2.24, 2.45) is 5.92 Å². The number of benzene rings is 1. The monoisotopic (exact) mass is 382 g/mol. The molecule has 0 aromatic heterocycles. The molecule has 144 valence electrons. The Kier molecular flexibility index (Phi) is 7.16.